The molecule has 4 heterocycles. The van der Waals surface area contributed by atoms with Crippen LogP contribution in [0, 0.1) is 0 Å². The molecule has 2 aliphatic heterocycles. The summed E-state index contributed by atoms with van der Waals surface area (Å²) in [6.07, 6.45) is 9.56. The molecule has 0 spiro atoms. The lowest BCUT2D eigenvalue weighted by molar-refractivity contribution is 0.0949. The highest BCUT2D eigenvalue weighted by atomic mass is 16.3. The van der Waals surface area contributed by atoms with Gasteiger partial charge in [-0.05, 0) is 55.5 Å². The minimum atomic E-state index is -0.115. The summed E-state index contributed by atoms with van der Waals surface area (Å²) >= 11 is 0. The number of hydrogen-bond donors (Lipinski definition) is 1. The third kappa shape index (κ3) is 4.75. The van der Waals surface area contributed by atoms with Crippen molar-refractivity contribution in [3.05, 3.63) is 77.4 Å². The van der Waals surface area contributed by atoms with Crippen molar-refractivity contribution >= 4 is 17.4 Å². The molecule has 6 heteroatoms. The van der Waals surface area contributed by atoms with E-state index in [1.807, 2.05) is 6.20 Å². The number of nitrogens with zero attached hydrogens (tertiary/aromatic N) is 3. The molecule has 1 saturated heterocycles. The number of fused-ring (bicyclic) bond motifs is 1. The summed E-state index contributed by atoms with van der Waals surface area (Å²) in [7, 11) is 0. The first-order chi connectivity index (χ1) is 16.2. The Morgan fingerprint density at radius 1 is 1.09 bits per heavy atom. The quantitative estimate of drug-likeness (QED) is 0.584. The minimum Gasteiger partial charge on any atom is -0.467 e. The highest BCUT2D eigenvalue weighted by Gasteiger charge is 2.28. The van der Waals surface area contributed by atoms with Crippen LogP contribution < -0.4 is 15.1 Å². The predicted molar refractivity (Wildman–Crippen MR) is 131 cm³/mol. The van der Waals surface area contributed by atoms with Gasteiger partial charge in [0, 0.05) is 37.6 Å². The van der Waals surface area contributed by atoms with Gasteiger partial charge < -0.3 is 19.5 Å². The van der Waals surface area contributed by atoms with Crippen molar-refractivity contribution in [1.29, 1.82) is 0 Å². The molecule has 1 aromatic carbocycles. The topological polar surface area (TPSA) is 61.6 Å². The van der Waals surface area contributed by atoms with Crippen molar-refractivity contribution in [2.75, 3.05) is 22.9 Å². The number of amides is 1. The zero-order valence-corrected chi connectivity index (χ0v) is 19.3. The van der Waals surface area contributed by atoms with E-state index in [4.69, 9.17) is 4.42 Å². The number of rotatable bonds is 6. The van der Waals surface area contributed by atoms with Gasteiger partial charge in [0.1, 0.15) is 11.6 Å². The maximum Gasteiger partial charge on any atom is 0.255 e. The van der Waals surface area contributed by atoms with Crippen molar-refractivity contribution in [2.24, 2.45) is 0 Å². The minimum absolute atomic E-state index is 0.115. The highest BCUT2D eigenvalue weighted by Crippen LogP contribution is 2.33. The Labute approximate surface area is 195 Å². The van der Waals surface area contributed by atoms with Gasteiger partial charge in [-0.3, -0.25) is 4.79 Å². The summed E-state index contributed by atoms with van der Waals surface area (Å²) in [6, 6.07) is 14.7. The maximum atomic E-state index is 12.9. The van der Waals surface area contributed by atoms with Crippen LogP contribution in [-0.4, -0.2) is 30.0 Å². The van der Waals surface area contributed by atoms with E-state index >= 15 is 0 Å². The normalized spacial score (nSPS) is 18.2. The zero-order valence-electron chi connectivity index (χ0n) is 19.3. The van der Waals surface area contributed by atoms with Crippen LogP contribution in [0.3, 0.4) is 0 Å². The molecule has 0 bridgehead atoms. The number of hydrogen-bond acceptors (Lipinski definition) is 5. The van der Waals surface area contributed by atoms with Crippen LogP contribution in [-0.2, 0) is 19.5 Å². The molecule has 1 atom stereocenters. The second-order valence-corrected chi connectivity index (χ2v) is 9.18. The smallest absolute Gasteiger partial charge is 0.255 e. The van der Waals surface area contributed by atoms with E-state index < -0.39 is 0 Å². The van der Waals surface area contributed by atoms with E-state index in [-0.39, 0.29) is 5.91 Å². The number of carbonyl (C=O) groups is 1. The van der Waals surface area contributed by atoms with Crippen molar-refractivity contribution in [1.82, 2.24) is 10.3 Å². The Hall–Kier alpha value is -3.28. The lowest BCUT2D eigenvalue weighted by Crippen LogP contribution is -2.30. The molecule has 1 unspecified atom stereocenters. The van der Waals surface area contributed by atoms with Gasteiger partial charge in [-0.2, -0.15) is 0 Å². The molecule has 2 aromatic heterocycles. The molecule has 0 saturated carbocycles. The molecule has 0 radical (unpaired) electrons. The van der Waals surface area contributed by atoms with Gasteiger partial charge in [-0.1, -0.05) is 37.1 Å². The summed E-state index contributed by atoms with van der Waals surface area (Å²) in [5.74, 6) is 1.62. The molecular weight excluding hydrogens is 412 g/mol. The maximum absolute atomic E-state index is 12.9. The van der Waals surface area contributed by atoms with Gasteiger partial charge in [0.05, 0.1) is 18.4 Å². The van der Waals surface area contributed by atoms with Crippen LogP contribution in [0.15, 0.2) is 59.3 Å². The fraction of sp³-hybridized carbons (Fsp3) is 0.407. The number of pyridine rings is 1. The summed E-state index contributed by atoms with van der Waals surface area (Å²) in [5, 5.41) is 3.03. The van der Waals surface area contributed by atoms with Gasteiger partial charge >= 0.3 is 0 Å². The molecule has 5 rings (SSSR count). The number of nitrogens with one attached hydrogen (secondary N) is 1. The molecule has 1 fully saturated rings. The Kier molecular flexibility index (Phi) is 6.33. The Morgan fingerprint density at radius 2 is 1.91 bits per heavy atom. The lowest BCUT2D eigenvalue weighted by atomic mass is 10.1. The Morgan fingerprint density at radius 3 is 2.70 bits per heavy atom. The number of aromatic nitrogens is 1. The average molecular weight is 445 g/mol. The molecule has 2 aliphatic rings. The first kappa shape index (κ1) is 21.6. The van der Waals surface area contributed by atoms with E-state index in [9.17, 15) is 4.79 Å². The molecule has 172 valence electrons. The van der Waals surface area contributed by atoms with Crippen molar-refractivity contribution in [3.63, 3.8) is 0 Å². The monoisotopic (exact) mass is 444 g/mol. The predicted octanol–water partition coefficient (Wildman–Crippen LogP) is 4.94. The number of anilines is 2. The van der Waals surface area contributed by atoms with Crippen LogP contribution in [0.1, 0.15) is 59.9 Å². The summed E-state index contributed by atoms with van der Waals surface area (Å²) in [6.45, 7) is 5.39. The van der Waals surface area contributed by atoms with Crippen molar-refractivity contribution in [2.45, 2.75) is 58.2 Å². The number of para-hydroxylation sites is 1. The molecule has 33 heavy (non-hydrogen) atoms. The van der Waals surface area contributed by atoms with E-state index in [1.54, 1.807) is 12.3 Å². The van der Waals surface area contributed by atoms with Crippen molar-refractivity contribution < 1.29 is 9.21 Å². The third-order valence-corrected chi connectivity index (χ3v) is 6.84. The van der Waals surface area contributed by atoms with Crippen LogP contribution >= 0.6 is 0 Å². The standard InChI is InChI=1S/C27H32N4O2/c1-20-16-22-8-4-5-9-24(22)31(20)19-25-23(12-15-33-25)27(32)29-18-21-10-11-26(28-17-21)30-13-6-2-3-7-14-30/h4-5,8-12,15,17,20H,2-3,6-7,13-14,16,18-19H2,1H3,(H,29,32). The fourth-order valence-corrected chi connectivity index (χ4v) is 4.98. The largest absolute Gasteiger partial charge is 0.467 e. The van der Waals surface area contributed by atoms with E-state index in [2.05, 4.69) is 63.4 Å². The highest BCUT2D eigenvalue weighted by molar-refractivity contribution is 5.95. The number of benzene rings is 1. The second-order valence-electron chi connectivity index (χ2n) is 9.18. The van der Waals surface area contributed by atoms with Crippen LogP contribution in [0.2, 0.25) is 0 Å². The van der Waals surface area contributed by atoms with Gasteiger partial charge in [0.15, 0.2) is 0 Å². The number of carbonyl (C=O) groups excluding carboxylic acids is 1. The molecule has 6 nitrogen and oxygen atoms in total. The van der Waals surface area contributed by atoms with Gasteiger partial charge in [-0.25, -0.2) is 4.98 Å². The zero-order chi connectivity index (χ0) is 22.6. The molecule has 0 aliphatic carbocycles. The van der Waals surface area contributed by atoms with Crippen LogP contribution in [0.5, 0.6) is 0 Å². The summed E-state index contributed by atoms with van der Waals surface area (Å²) in [5.41, 5.74) is 4.16. The first-order valence-electron chi connectivity index (χ1n) is 12.1. The van der Waals surface area contributed by atoms with E-state index in [0.717, 1.165) is 30.9 Å². The van der Waals surface area contributed by atoms with Crippen LogP contribution in [0.4, 0.5) is 11.5 Å². The molecule has 1 N–H and O–H groups in total. The summed E-state index contributed by atoms with van der Waals surface area (Å²) < 4.78 is 5.74. The second kappa shape index (κ2) is 9.69. The molecule has 1 amide bonds. The van der Waals surface area contributed by atoms with Gasteiger partial charge in [-0.15, -0.1) is 0 Å². The van der Waals surface area contributed by atoms with E-state index in [1.165, 1.54) is 36.9 Å². The SMILES string of the molecule is CC1Cc2ccccc2N1Cc1occc1C(=O)NCc1ccc(N2CCCCCC2)nc1. The van der Waals surface area contributed by atoms with Crippen molar-refractivity contribution in [3.8, 4) is 0 Å². The van der Waals surface area contributed by atoms with Gasteiger partial charge in [0.25, 0.3) is 5.91 Å². The molecular formula is C27H32N4O2. The lowest BCUT2D eigenvalue weighted by Gasteiger charge is -2.24. The average Bonchev–Trinajstić information content (AvgIpc) is 3.31. The summed E-state index contributed by atoms with van der Waals surface area (Å²) in [4.78, 5) is 22.3. The number of furan rings is 1. The first-order valence-corrected chi connectivity index (χ1v) is 12.1. The van der Waals surface area contributed by atoms with Crippen LogP contribution in [0.25, 0.3) is 0 Å². The fourth-order valence-electron chi connectivity index (χ4n) is 4.98. The Balaban J connectivity index is 1.21. The van der Waals surface area contributed by atoms with Gasteiger partial charge in [0.2, 0.25) is 0 Å². The van der Waals surface area contributed by atoms with E-state index in [0.29, 0.717) is 30.5 Å². The third-order valence-electron chi connectivity index (χ3n) is 6.84. The molecule has 3 aromatic rings. The Bertz CT molecular complexity index is 1080.